The van der Waals surface area contributed by atoms with Gasteiger partial charge in [0.15, 0.2) is 17.4 Å². The van der Waals surface area contributed by atoms with Crippen LogP contribution in [-0.2, 0) is 11.4 Å². The van der Waals surface area contributed by atoms with Gasteiger partial charge in [0.05, 0.1) is 5.75 Å². The number of nitrogens with two attached hydrogens (primary N) is 1. The molecule has 7 nitrogen and oxygen atoms in total. The summed E-state index contributed by atoms with van der Waals surface area (Å²) >= 11 is 4.56. The molecule has 1 aromatic heterocycles. The third-order valence-electron chi connectivity index (χ3n) is 3.70. The van der Waals surface area contributed by atoms with Gasteiger partial charge in [-0.15, -0.1) is 10.2 Å². The highest BCUT2D eigenvalue weighted by Crippen LogP contribution is 2.21. The van der Waals surface area contributed by atoms with Gasteiger partial charge in [0.25, 0.3) is 0 Å². The Balaban J connectivity index is 1.54. The van der Waals surface area contributed by atoms with Crippen LogP contribution in [0.5, 0.6) is 5.75 Å². The average Bonchev–Trinajstić information content (AvgIpc) is 3.02. The molecule has 0 unspecified atom stereocenters. The largest absolute Gasteiger partial charge is 0.482 e. The number of para-hydroxylation sites is 1. The minimum atomic E-state index is -0.472. The van der Waals surface area contributed by atoms with E-state index in [0.717, 1.165) is 21.8 Å². The number of hydrogen-bond donors (Lipinski definition) is 2. The van der Waals surface area contributed by atoms with E-state index in [0.29, 0.717) is 16.7 Å². The van der Waals surface area contributed by atoms with Crippen molar-refractivity contribution in [3.05, 3.63) is 64.1 Å². The fourth-order valence-corrected chi connectivity index (χ4v) is 3.18. The molecule has 3 N–H and O–H groups in total. The van der Waals surface area contributed by atoms with Gasteiger partial charge in [-0.3, -0.25) is 4.79 Å². The summed E-state index contributed by atoms with van der Waals surface area (Å²) in [7, 11) is 0. The first-order valence-corrected chi connectivity index (χ1v) is 9.97. The number of rotatable bonds is 7. The summed E-state index contributed by atoms with van der Waals surface area (Å²) in [6.07, 6.45) is 0. The van der Waals surface area contributed by atoms with E-state index in [1.165, 1.54) is 16.8 Å². The van der Waals surface area contributed by atoms with E-state index < -0.39 is 5.82 Å². The topological polar surface area (TPSA) is 95.1 Å². The van der Waals surface area contributed by atoms with Gasteiger partial charge in [-0.25, -0.2) is 9.07 Å². The number of anilines is 1. The Kier molecular flexibility index (Phi) is 6.53. The molecule has 3 aromatic rings. The van der Waals surface area contributed by atoms with Crippen molar-refractivity contribution < 1.29 is 13.9 Å². The number of amides is 1. The van der Waals surface area contributed by atoms with Crippen molar-refractivity contribution in [3.63, 3.8) is 0 Å². The van der Waals surface area contributed by atoms with Gasteiger partial charge in [0.1, 0.15) is 6.61 Å². The molecule has 0 bridgehead atoms. The monoisotopic (exact) mass is 465 g/mol. The van der Waals surface area contributed by atoms with Gasteiger partial charge in [0, 0.05) is 10.2 Å². The third-order valence-corrected chi connectivity index (χ3v) is 5.54. The smallest absolute Gasteiger partial charge is 0.234 e. The highest BCUT2D eigenvalue weighted by atomic mass is 79.9. The van der Waals surface area contributed by atoms with E-state index in [1.54, 1.807) is 12.1 Å². The van der Waals surface area contributed by atoms with Gasteiger partial charge in [-0.1, -0.05) is 39.8 Å². The standard InChI is InChI=1S/C18H17BrFN5O2S/c1-11-8-12(6-7-13(11)19)22-17(26)10-28-18-24-23-16(25(18)21)9-27-15-5-3-2-4-14(15)20/h2-8H,9-10,21H2,1H3,(H,22,26). The van der Waals surface area contributed by atoms with Crippen LogP contribution < -0.4 is 15.9 Å². The van der Waals surface area contributed by atoms with Crippen molar-refractivity contribution in [3.8, 4) is 5.75 Å². The predicted molar refractivity (Wildman–Crippen MR) is 109 cm³/mol. The highest BCUT2D eigenvalue weighted by molar-refractivity contribution is 9.10. The summed E-state index contributed by atoms with van der Waals surface area (Å²) in [5.74, 6) is 5.80. The zero-order valence-electron chi connectivity index (χ0n) is 14.9. The number of carbonyl (C=O) groups excluding carboxylic acids is 1. The van der Waals surface area contributed by atoms with Crippen LogP contribution in [-0.4, -0.2) is 26.5 Å². The SMILES string of the molecule is Cc1cc(NC(=O)CSc2nnc(COc3ccccc3F)n2N)ccc1Br. The van der Waals surface area contributed by atoms with Crippen molar-refractivity contribution >= 4 is 39.3 Å². The molecular formula is C18H17BrFN5O2S. The van der Waals surface area contributed by atoms with Gasteiger partial charge < -0.3 is 15.9 Å². The molecule has 0 fully saturated rings. The lowest BCUT2D eigenvalue weighted by molar-refractivity contribution is -0.113. The zero-order chi connectivity index (χ0) is 20.1. The lowest BCUT2D eigenvalue weighted by Gasteiger charge is -2.08. The number of nitrogens with zero attached hydrogens (tertiary/aromatic N) is 3. The average molecular weight is 466 g/mol. The third kappa shape index (κ3) is 5.02. The number of aromatic nitrogens is 3. The van der Waals surface area contributed by atoms with E-state index in [9.17, 15) is 9.18 Å². The number of nitrogen functional groups attached to an aromatic ring is 1. The van der Waals surface area contributed by atoms with E-state index in [1.807, 2.05) is 25.1 Å². The molecule has 0 aliphatic heterocycles. The van der Waals surface area contributed by atoms with Gasteiger partial charge in [-0.05, 0) is 42.8 Å². The maximum Gasteiger partial charge on any atom is 0.234 e. The molecule has 1 heterocycles. The number of benzene rings is 2. The van der Waals surface area contributed by atoms with Crippen LogP contribution in [0.4, 0.5) is 10.1 Å². The second kappa shape index (κ2) is 9.07. The molecule has 0 atom stereocenters. The lowest BCUT2D eigenvalue weighted by Crippen LogP contribution is -2.18. The van der Waals surface area contributed by atoms with Crippen molar-refractivity contribution in [2.24, 2.45) is 0 Å². The minimum Gasteiger partial charge on any atom is -0.482 e. The molecular weight excluding hydrogens is 449 g/mol. The zero-order valence-corrected chi connectivity index (χ0v) is 17.3. The summed E-state index contributed by atoms with van der Waals surface area (Å²) in [6, 6.07) is 11.6. The van der Waals surface area contributed by atoms with Gasteiger partial charge >= 0.3 is 0 Å². The predicted octanol–water partition coefficient (Wildman–Crippen LogP) is 3.51. The first kappa shape index (κ1) is 20.2. The fourth-order valence-electron chi connectivity index (χ4n) is 2.26. The lowest BCUT2D eigenvalue weighted by atomic mass is 10.2. The van der Waals surface area contributed by atoms with Crippen LogP contribution in [0.1, 0.15) is 11.4 Å². The van der Waals surface area contributed by atoms with E-state index >= 15 is 0 Å². The van der Waals surface area contributed by atoms with E-state index in [4.69, 9.17) is 10.6 Å². The fraction of sp³-hybridized carbons (Fsp3) is 0.167. The van der Waals surface area contributed by atoms with Crippen LogP contribution in [0.15, 0.2) is 52.1 Å². The van der Waals surface area contributed by atoms with Crippen LogP contribution in [0.25, 0.3) is 0 Å². The molecule has 28 heavy (non-hydrogen) atoms. The van der Waals surface area contributed by atoms with Crippen LogP contribution >= 0.6 is 27.7 Å². The summed E-state index contributed by atoms with van der Waals surface area (Å²) in [5, 5.41) is 11.0. The Morgan fingerprint density at radius 3 is 2.86 bits per heavy atom. The van der Waals surface area contributed by atoms with E-state index in [2.05, 4.69) is 31.4 Å². The van der Waals surface area contributed by atoms with Gasteiger partial charge in [0.2, 0.25) is 11.1 Å². The van der Waals surface area contributed by atoms with Crippen molar-refractivity contribution in [2.75, 3.05) is 16.9 Å². The second-order valence-electron chi connectivity index (χ2n) is 5.79. The van der Waals surface area contributed by atoms with E-state index in [-0.39, 0.29) is 24.0 Å². The first-order valence-electron chi connectivity index (χ1n) is 8.19. The van der Waals surface area contributed by atoms with Crippen molar-refractivity contribution in [1.29, 1.82) is 0 Å². The Bertz CT molecular complexity index is 998. The molecule has 0 saturated heterocycles. The Hall–Kier alpha value is -2.59. The molecule has 3 rings (SSSR count). The number of hydrogen-bond acceptors (Lipinski definition) is 6. The van der Waals surface area contributed by atoms with Crippen LogP contribution in [0.3, 0.4) is 0 Å². The first-order chi connectivity index (χ1) is 13.4. The molecule has 0 aliphatic rings. The summed E-state index contributed by atoms with van der Waals surface area (Å²) in [5.41, 5.74) is 1.73. The quantitative estimate of drug-likeness (QED) is 0.409. The second-order valence-corrected chi connectivity index (χ2v) is 7.59. The number of nitrogens with one attached hydrogen (secondary N) is 1. The number of thioether (sulfide) groups is 1. The number of halogens is 2. The van der Waals surface area contributed by atoms with Crippen molar-refractivity contribution in [1.82, 2.24) is 14.9 Å². The molecule has 2 aromatic carbocycles. The molecule has 0 aliphatic carbocycles. The summed E-state index contributed by atoms with van der Waals surface area (Å²) < 4.78 is 21.2. The normalized spacial score (nSPS) is 10.7. The number of ether oxygens (including phenoxy) is 1. The number of aryl methyl sites for hydroxylation is 1. The Morgan fingerprint density at radius 2 is 2.11 bits per heavy atom. The Labute approximate surface area is 173 Å². The molecule has 0 saturated carbocycles. The van der Waals surface area contributed by atoms with Gasteiger partial charge in [-0.2, -0.15) is 0 Å². The minimum absolute atomic E-state index is 0.0463. The maximum absolute atomic E-state index is 13.6. The summed E-state index contributed by atoms with van der Waals surface area (Å²) in [4.78, 5) is 12.1. The highest BCUT2D eigenvalue weighted by Gasteiger charge is 2.14. The molecule has 0 spiro atoms. The molecule has 146 valence electrons. The van der Waals surface area contributed by atoms with Crippen LogP contribution in [0.2, 0.25) is 0 Å². The number of carbonyl (C=O) groups is 1. The van der Waals surface area contributed by atoms with Crippen molar-refractivity contribution in [2.45, 2.75) is 18.7 Å². The Morgan fingerprint density at radius 1 is 1.32 bits per heavy atom. The molecule has 1 amide bonds. The summed E-state index contributed by atoms with van der Waals surface area (Å²) in [6.45, 7) is 1.89. The van der Waals surface area contributed by atoms with Crippen LogP contribution in [0, 0.1) is 12.7 Å². The maximum atomic E-state index is 13.6. The molecule has 0 radical (unpaired) electrons. The molecule has 10 heteroatoms.